The van der Waals surface area contributed by atoms with Gasteiger partial charge < -0.3 is 10.1 Å². The van der Waals surface area contributed by atoms with Crippen LogP contribution in [0.3, 0.4) is 0 Å². The van der Waals surface area contributed by atoms with E-state index in [4.69, 9.17) is 17.0 Å². The lowest BCUT2D eigenvalue weighted by molar-refractivity contribution is -0.113. The Morgan fingerprint density at radius 3 is 2.39 bits per heavy atom. The number of nitrogens with one attached hydrogen (secondary N) is 1. The molecule has 23 heavy (non-hydrogen) atoms. The Bertz CT molecular complexity index is 785. The normalized spacial score (nSPS) is 15.9. The maximum atomic E-state index is 12.6. The third kappa shape index (κ3) is 3.28. The van der Waals surface area contributed by atoms with Gasteiger partial charge >= 0.3 is 0 Å². The molecule has 3 rings (SSSR count). The van der Waals surface area contributed by atoms with Gasteiger partial charge in [-0.25, -0.2) is 0 Å². The number of rotatable bonds is 3. The molecule has 1 heterocycles. The first kappa shape index (κ1) is 15.7. The van der Waals surface area contributed by atoms with E-state index < -0.39 is 0 Å². The van der Waals surface area contributed by atoms with Crippen molar-refractivity contribution in [1.82, 2.24) is 5.32 Å². The first-order valence-electron chi connectivity index (χ1n) is 6.85. The molecule has 0 saturated carbocycles. The van der Waals surface area contributed by atoms with Crippen LogP contribution in [0.15, 0.2) is 58.7 Å². The number of anilines is 1. The summed E-state index contributed by atoms with van der Waals surface area (Å²) in [6.07, 6.45) is 1.78. The van der Waals surface area contributed by atoms with Crippen molar-refractivity contribution in [3.63, 3.8) is 0 Å². The Balaban J connectivity index is 1.88. The topological polar surface area (TPSA) is 41.6 Å². The quantitative estimate of drug-likeness (QED) is 0.642. The van der Waals surface area contributed by atoms with Gasteiger partial charge in [0.25, 0.3) is 5.91 Å². The van der Waals surface area contributed by atoms with E-state index in [1.165, 1.54) is 4.90 Å². The molecule has 0 atom stereocenters. The number of amides is 1. The zero-order chi connectivity index (χ0) is 16.4. The zero-order valence-corrected chi connectivity index (χ0v) is 14.6. The molecule has 4 nitrogen and oxygen atoms in total. The molecule has 0 aromatic heterocycles. The highest BCUT2D eigenvalue weighted by molar-refractivity contribution is 9.10. The van der Waals surface area contributed by atoms with Gasteiger partial charge in [-0.15, -0.1) is 0 Å². The van der Waals surface area contributed by atoms with Crippen molar-refractivity contribution in [2.24, 2.45) is 0 Å². The molecule has 1 aliphatic rings. The maximum Gasteiger partial charge on any atom is 0.281 e. The highest BCUT2D eigenvalue weighted by atomic mass is 79.9. The van der Waals surface area contributed by atoms with Crippen molar-refractivity contribution in [2.75, 3.05) is 12.0 Å². The molecule has 2 aromatic carbocycles. The summed E-state index contributed by atoms with van der Waals surface area (Å²) in [5, 5.41) is 3.33. The summed E-state index contributed by atoms with van der Waals surface area (Å²) in [6.45, 7) is 0. The van der Waals surface area contributed by atoms with Crippen molar-refractivity contribution in [3.05, 3.63) is 64.3 Å². The molecule has 1 N–H and O–H groups in total. The lowest BCUT2D eigenvalue weighted by Gasteiger charge is -2.14. The van der Waals surface area contributed by atoms with Gasteiger partial charge in [-0.1, -0.05) is 28.1 Å². The van der Waals surface area contributed by atoms with Gasteiger partial charge in [0, 0.05) is 4.47 Å². The van der Waals surface area contributed by atoms with E-state index in [2.05, 4.69) is 21.2 Å². The Hall–Kier alpha value is -2.18. The molecule has 0 aliphatic carbocycles. The minimum absolute atomic E-state index is 0.178. The molecule has 2 aromatic rings. The number of ether oxygens (including phenoxy) is 1. The van der Waals surface area contributed by atoms with Gasteiger partial charge in [0.05, 0.1) is 12.8 Å². The van der Waals surface area contributed by atoms with Crippen molar-refractivity contribution >= 4 is 50.9 Å². The van der Waals surface area contributed by atoms with Crippen LogP contribution < -0.4 is 15.0 Å². The number of thiocarbonyl (C=S) groups is 1. The number of carbonyl (C=O) groups is 1. The summed E-state index contributed by atoms with van der Waals surface area (Å²) < 4.78 is 6.11. The minimum Gasteiger partial charge on any atom is -0.497 e. The van der Waals surface area contributed by atoms with E-state index in [9.17, 15) is 4.79 Å². The number of methoxy groups -OCH3 is 1. The predicted molar refractivity (Wildman–Crippen MR) is 98.3 cm³/mol. The molecule has 1 aliphatic heterocycles. The van der Waals surface area contributed by atoms with Gasteiger partial charge in [-0.05, 0) is 60.3 Å². The third-order valence-corrected chi connectivity index (χ3v) is 4.20. The molecular weight excluding hydrogens is 376 g/mol. The Morgan fingerprint density at radius 1 is 1.13 bits per heavy atom. The van der Waals surface area contributed by atoms with Crippen LogP contribution in [0, 0.1) is 0 Å². The largest absolute Gasteiger partial charge is 0.497 e. The second kappa shape index (κ2) is 6.52. The highest BCUT2D eigenvalue weighted by Crippen LogP contribution is 2.25. The molecule has 0 radical (unpaired) electrons. The van der Waals surface area contributed by atoms with Crippen LogP contribution in [0.5, 0.6) is 5.75 Å². The fraction of sp³-hybridized carbons (Fsp3) is 0.0588. The standard InChI is InChI=1S/C17H13BrN2O2S/c1-22-14-8-6-13(7-9-14)20-16(21)15(19-17(20)23)10-11-2-4-12(18)5-3-11/h2-10H,1H3,(H,19,23)/b15-10-. The SMILES string of the molecule is COc1ccc(N2C(=O)/C(=C/c3ccc(Br)cc3)NC2=S)cc1. The lowest BCUT2D eigenvalue weighted by atomic mass is 10.2. The molecule has 1 saturated heterocycles. The van der Waals surface area contributed by atoms with E-state index in [0.717, 1.165) is 15.8 Å². The van der Waals surface area contributed by atoms with E-state index >= 15 is 0 Å². The molecule has 0 spiro atoms. The van der Waals surface area contributed by atoms with Gasteiger partial charge in [0.1, 0.15) is 11.4 Å². The molecule has 1 amide bonds. The number of hydrogen-bond donors (Lipinski definition) is 1. The van der Waals surface area contributed by atoms with Crippen molar-refractivity contribution in [2.45, 2.75) is 0 Å². The predicted octanol–water partition coefficient (Wildman–Crippen LogP) is 3.72. The number of hydrogen-bond acceptors (Lipinski definition) is 3. The Kier molecular flexibility index (Phi) is 4.45. The highest BCUT2D eigenvalue weighted by Gasteiger charge is 2.31. The molecule has 0 bridgehead atoms. The van der Waals surface area contributed by atoms with Gasteiger partial charge in [0.2, 0.25) is 0 Å². The van der Waals surface area contributed by atoms with Crippen LogP contribution in [-0.2, 0) is 4.79 Å². The summed E-state index contributed by atoms with van der Waals surface area (Å²) >= 11 is 8.68. The van der Waals surface area contributed by atoms with Gasteiger partial charge in [0.15, 0.2) is 5.11 Å². The second-order valence-corrected chi connectivity index (χ2v) is 6.18. The molecule has 0 unspecified atom stereocenters. The zero-order valence-electron chi connectivity index (χ0n) is 12.2. The van der Waals surface area contributed by atoms with Crippen LogP contribution in [0.2, 0.25) is 0 Å². The first-order valence-corrected chi connectivity index (χ1v) is 8.05. The fourth-order valence-electron chi connectivity index (χ4n) is 2.23. The van der Waals surface area contributed by atoms with E-state index in [-0.39, 0.29) is 5.91 Å². The van der Waals surface area contributed by atoms with Gasteiger partial charge in [-0.2, -0.15) is 0 Å². The third-order valence-electron chi connectivity index (χ3n) is 3.39. The number of nitrogens with zero attached hydrogens (tertiary/aromatic N) is 1. The number of carbonyl (C=O) groups excluding carboxylic acids is 1. The van der Waals surface area contributed by atoms with Crippen LogP contribution in [0.1, 0.15) is 5.56 Å². The molecular formula is C17H13BrN2O2S. The van der Waals surface area contributed by atoms with Crippen molar-refractivity contribution in [1.29, 1.82) is 0 Å². The maximum absolute atomic E-state index is 12.6. The summed E-state index contributed by atoms with van der Waals surface area (Å²) in [7, 11) is 1.60. The van der Waals surface area contributed by atoms with Crippen LogP contribution in [0.4, 0.5) is 5.69 Å². The van der Waals surface area contributed by atoms with Crippen molar-refractivity contribution in [3.8, 4) is 5.75 Å². The smallest absolute Gasteiger partial charge is 0.281 e. The van der Waals surface area contributed by atoms with E-state index in [1.54, 1.807) is 37.5 Å². The average molecular weight is 389 g/mol. The summed E-state index contributed by atoms with van der Waals surface area (Å²) in [4.78, 5) is 14.1. The number of benzene rings is 2. The first-order chi connectivity index (χ1) is 11.1. The second-order valence-electron chi connectivity index (χ2n) is 4.88. The average Bonchev–Trinajstić information content (AvgIpc) is 2.84. The summed E-state index contributed by atoms with van der Waals surface area (Å²) in [5.41, 5.74) is 2.07. The van der Waals surface area contributed by atoms with Crippen LogP contribution in [0.25, 0.3) is 6.08 Å². The van der Waals surface area contributed by atoms with Gasteiger partial charge in [-0.3, -0.25) is 9.69 Å². The van der Waals surface area contributed by atoms with E-state index in [1.807, 2.05) is 24.3 Å². The lowest BCUT2D eigenvalue weighted by Crippen LogP contribution is -2.30. The minimum atomic E-state index is -0.178. The Labute approximate surface area is 147 Å². The van der Waals surface area contributed by atoms with Crippen LogP contribution in [-0.4, -0.2) is 18.1 Å². The molecule has 6 heteroatoms. The summed E-state index contributed by atoms with van der Waals surface area (Å²) in [5.74, 6) is 0.549. The molecule has 1 fully saturated rings. The Morgan fingerprint density at radius 2 is 1.78 bits per heavy atom. The van der Waals surface area contributed by atoms with Crippen LogP contribution >= 0.6 is 28.1 Å². The van der Waals surface area contributed by atoms with Crippen molar-refractivity contribution < 1.29 is 9.53 Å². The fourth-order valence-corrected chi connectivity index (χ4v) is 2.79. The monoisotopic (exact) mass is 388 g/mol. The van der Waals surface area contributed by atoms with E-state index in [0.29, 0.717) is 16.5 Å². The number of halogens is 1. The molecule has 116 valence electrons. The summed E-state index contributed by atoms with van der Waals surface area (Å²) in [6, 6.07) is 14.9.